The number of nitrogens with two attached hydrogens (primary N) is 1. The maximum absolute atomic E-state index is 11.1. The molecule has 17 heavy (non-hydrogen) atoms. The van der Waals surface area contributed by atoms with Gasteiger partial charge in [0.15, 0.2) is 11.9 Å². The van der Waals surface area contributed by atoms with Crippen molar-refractivity contribution in [1.82, 2.24) is 0 Å². The predicted molar refractivity (Wildman–Crippen MR) is 60.8 cm³/mol. The van der Waals surface area contributed by atoms with Gasteiger partial charge in [0.2, 0.25) is 0 Å². The minimum Gasteiger partial charge on any atom is -0.453 e. The van der Waals surface area contributed by atoms with E-state index in [1.165, 1.54) is 19.1 Å². The summed E-state index contributed by atoms with van der Waals surface area (Å²) in [6.07, 6.45) is -0.702. The molecule has 0 radical (unpaired) electrons. The van der Waals surface area contributed by atoms with Gasteiger partial charge in [-0.25, -0.2) is 0 Å². The fraction of sp³-hybridized carbons (Fsp3) is 0.444. The van der Waals surface area contributed by atoms with Gasteiger partial charge in [-0.1, -0.05) is 0 Å². The smallest absolute Gasteiger partial charge is 0.433 e. The van der Waals surface area contributed by atoms with Crippen molar-refractivity contribution >= 4 is 24.3 Å². The third-order valence-electron chi connectivity index (χ3n) is 1.86. The van der Waals surface area contributed by atoms with Gasteiger partial charge in [-0.15, -0.1) is 12.4 Å². The van der Waals surface area contributed by atoms with Crippen molar-refractivity contribution in [3.05, 3.63) is 28.0 Å². The Morgan fingerprint density at radius 1 is 1.53 bits per heavy atom. The number of ether oxygens (including phenoxy) is 1. The van der Waals surface area contributed by atoms with Crippen molar-refractivity contribution in [2.75, 3.05) is 0 Å². The van der Waals surface area contributed by atoms with Crippen LogP contribution in [0.25, 0.3) is 0 Å². The van der Waals surface area contributed by atoms with Crippen LogP contribution >= 0.6 is 12.4 Å². The van der Waals surface area contributed by atoms with Crippen LogP contribution < -0.4 is 5.73 Å². The number of hydrogen-bond acceptors (Lipinski definition) is 6. The second kappa shape index (κ2) is 6.21. The second-order valence-corrected chi connectivity index (χ2v) is 3.30. The van der Waals surface area contributed by atoms with E-state index in [0.717, 1.165) is 0 Å². The molecule has 1 unspecified atom stereocenters. The first-order chi connectivity index (χ1) is 7.41. The molecule has 96 valence electrons. The van der Waals surface area contributed by atoms with Crippen molar-refractivity contribution in [2.45, 2.75) is 26.0 Å². The summed E-state index contributed by atoms with van der Waals surface area (Å²) in [6.45, 7) is 3.03. The Morgan fingerprint density at radius 3 is 2.53 bits per heavy atom. The van der Waals surface area contributed by atoms with Crippen LogP contribution in [0.2, 0.25) is 0 Å². The minimum absolute atomic E-state index is 0. The Balaban J connectivity index is 0.00000256. The fourth-order valence-electron chi connectivity index (χ4n) is 0.998. The SMILES string of the molecule is CC(OC(=O)[C@H](C)N)c1ccc([N+](=O)[O-])o1.Cl. The van der Waals surface area contributed by atoms with E-state index in [-0.39, 0.29) is 18.2 Å². The highest BCUT2D eigenvalue weighted by atomic mass is 35.5. The molecule has 2 atom stereocenters. The Morgan fingerprint density at radius 2 is 2.12 bits per heavy atom. The van der Waals surface area contributed by atoms with Crippen LogP contribution in [0.4, 0.5) is 5.88 Å². The highest BCUT2D eigenvalue weighted by Crippen LogP contribution is 2.23. The van der Waals surface area contributed by atoms with E-state index in [1.54, 1.807) is 6.92 Å². The normalized spacial score (nSPS) is 13.4. The molecule has 0 aliphatic rings. The number of halogens is 1. The lowest BCUT2D eigenvalue weighted by molar-refractivity contribution is -0.402. The Bertz CT molecular complexity index is 404. The number of carbonyl (C=O) groups is 1. The highest BCUT2D eigenvalue weighted by molar-refractivity contribution is 5.85. The molecule has 0 spiro atoms. The lowest BCUT2D eigenvalue weighted by Gasteiger charge is -2.11. The Hall–Kier alpha value is -1.60. The van der Waals surface area contributed by atoms with Crippen LogP contribution in [0, 0.1) is 10.1 Å². The van der Waals surface area contributed by atoms with Crippen molar-refractivity contribution in [3.63, 3.8) is 0 Å². The van der Waals surface area contributed by atoms with Gasteiger partial charge in [0.05, 0.1) is 6.07 Å². The topological polar surface area (TPSA) is 109 Å². The van der Waals surface area contributed by atoms with E-state index in [2.05, 4.69) is 0 Å². The standard InChI is InChI=1S/C9H12N2O5.ClH/c1-5(10)9(12)15-6(2)7-3-4-8(16-7)11(13)14;/h3-6H,10H2,1-2H3;1H/t5-,6?;/m0./s1. The molecule has 0 aromatic carbocycles. The molecule has 0 amide bonds. The molecule has 0 saturated carbocycles. The van der Waals surface area contributed by atoms with Crippen LogP contribution in [-0.4, -0.2) is 16.9 Å². The third kappa shape index (κ3) is 4.04. The van der Waals surface area contributed by atoms with Crippen molar-refractivity contribution in [1.29, 1.82) is 0 Å². The first-order valence-corrected chi connectivity index (χ1v) is 4.62. The zero-order valence-electron chi connectivity index (χ0n) is 9.28. The maximum Gasteiger partial charge on any atom is 0.433 e. The van der Waals surface area contributed by atoms with E-state index in [9.17, 15) is 14.9 Å². The summed E-state index contributed by atoms with van der Waals surface area (Å²) in [6, 6.07) is 1.84. The van der Waals surface area contributed by atoms with E-state index in [1.807, 2.05) is 0 Å². The summed E-state index contributed by atoms with van der Waals surface area (Å²) in [5.41, 5.74) is 5.30. The molecule has 1 aromatic rings. The average molecular weight is 265 g/mol. The summed E-state index contributed by atoms with van der Waals surface area (Å²) in [5, 5.41) is 10.4. The summed E-state index contributed by atoms with van der Waals surface area (Å²) >= 11 is 0. The molecule has 0 aliphatic heterocycles. The number of esters is 1. The second-order valence-electron chi connectivity index (χ2n) is 3.30. The molecular formula is C9H13ClN2O5. The first-order valence-electron chi connectivity index (χ1n) is 4.62. The summed E-state index contributed by atoms with van der Waals surface area (Å²) in [5.74, 6) is -0.772. The van der Waals surface area contributed by atoms with E-state index < -0.39 is 28.9 Å². The summed E-state index contributed by atoms with van der Waals surface area (Å²) in [4.78, 5) is 20.8. The van der Waals surface area contributed by atoms with Crippen LogP contribution in [0.1, 0.15) is 25.7 Å². The average Bonchev–Trinajstić information content (AvgIpc) is 2.65. The number of nitrogens with zero attached hydrogens (tertiary/aromatic N) is 1. The van der Waals surface area contributed by atoms with Gasteiger partial charge in [-0.05, 0) is 19.9 Å². The highest BCUT2D eigenvalue weighted by Gasteiger charge is 2.20. The van der Waals surface area contributed by atoms with E-state index in [4.69, 9.17) is 14.9 Å². The zero-order chi connectivity index (χ0) is 12.3. The van der Waals surface area contributed by atoms with Gasteiger partial charge in [-0.3, -0.25) is 14.9 Å². The predicted octanol–water partition coefficient (Wildman–Crippen LogP) is 1.56. The van der Waals surface area contributed by atoms with Gasteiger partial charge < -0.3 is 14.9 Å². The van der Waals surface area contributed by atoms with Crippen LogP contribution in [0.5, 0.6) is 0 Å². The minimum atomic E-state index is -0.743. The number of hydrogen-bond donors (Lipinski definition) is 1. The quantitative estimate of drug-likeness (QED) is 0.502. The fourth-order valence-corrected chi connectivity index (χ4v) is 0.998. The van der Waals surface area contributed by atoms with Crippen LogP contribution in [0.3, 0.4) is 0 Å². The first kappa shape index (κ1) is 15.4. The summed E-state index contributed by atoms with van der Waals surface area (Å²) < 4.78 is 9.78. The van der Waals surface area contributed by atoms with E-state index >= 15 is 0 Å². The molecule has 2 N–H and O–H groups in total. The molecule has 0 aliphatic carbocycles. The monoisotopic (exact) mass is 264 g/mol. The van der Waals surface area contributed by atoms with Crippen molar-refractivity contribution < 1.29 is 18.9 Å². The van der Waals surface area contributed by atoms with E-state index in [0.29, 0.717) is 0 Å². The number of nitro groups is 1. The zero-order valence-corrected chi connectivity index (χ0v) is 10.1. The van der Waals surface area contributed by atoms with Crippen LogP contribution in [-0.2, 0) is 9.53 Å². The Labute approximate surface area is 103 Å². The van der Waals surface area contributed by atoms with Crippen LogP contribution in [0.15, 0.2) is 16.5 Å². The third-order valence-corrected chi connectivity index (χ3v) is 1.86. The number of furan rings is 1. The lowest BCUT2D eigenvalue weighted by atomic mass is 10.3. The number of rotatable bonds is 4. The molecule has 0 fully saturated rings. The maximum atomic E-state index is 11.1. The lowest BCUT2D eigenvalue weighted by Crippen LogP contribution is -2.29. The largest absolute Gasteiger partial charge is 0.453 e. The van der Waals surface area contributed by atoms with Gasteiger partial charge in [-0.2, -0.15) is 0 Å². The van der Waals surface area contributed by atoms with Gasteiger partial charge >= 0.3 is 11.9 Å². The molecule has 1 aromatic heterocycles. The molecule has 0 saturated heterocycles. The van der Waals surface area contributed by atoms with Gasteiger partial charge in [0, 0.05) is 0 Å². The van der Waals surface area contributed by atoms with Gasteiger partial charge in [0.1, 0.15) is 11.0 Å². The van der Waals surface area contributed by atoms with Crippen molar-refractivity contribution in [2.24, 2.45) is 5.73 Å². The summed E-state index contributed by atoms with van der Waals surface area (Å²) in [7, 11) is 0. The van der Waals surface area contributed by atoms with Gasteiger partial charge in [0.25, 0.3) is 0 Å². The molecular weight excluding hydrogens is 252 g/mol. The Kier molecular flexibility index (Phi) is 5.63. The molecule has 8 heteroatoms. The molecule has 0 bridgehead atoms. The molecule has 1 heterocycles. The molecule has 7 nitrogen and oxygen atoms in total. The number of carbonyl (C=O) groups excluding carboxylic acids is 1. The molecule has 1 rings (SSSR count). The van der Waals surface area contributed by atoms with Crippen molar-refractivity contribution in [3.8, 4) is 0 Å².